The number of rotatable bonds is 7. The Morgan fingerprint density at radius 2 is 1.80 bits per heavy atom. The third-order valence-electron chi connectivity index (χ3n) is 3.59. The Morgan fingerprint density at radius 3 is 2.36 bits per heavy atom. The number of aryl methyl sites for hydroxylation is 1. The zero-order chi connectivity index (χ0) is 18.2. The van der Waals surface area contributed by atoms with E-state index in [2.05, 4.69) is 5.10 Å². The highest BCUT2D eigenvalue weighted by Crippen LogP contribution is 2.18. The van der Waals surface area contributed by atoms with Gasteiger partial charge in [0.1, 0.15) is 0 Å². The summed E-state index contributed by atoms with van der Waals surface area (Å²) >= 11 is 5.23. The van der Waals surface area contributed by atoms with Gasteiger partial charge in [-0.15, -0.1) is 0 Å². The molecule has 0 saturated carbocycles. The highest BCUT2D eigenvalue weighted by molar-refractivity contribution is 7.79. The van der Waals surface area contributed by atoms with E-state index in [0.717, 1.165) is 16.8 Å². The van der Waals surface area contributed by atoms with E-state index in [1.165, 1.54) is 0 Å². The number of carbonyl (C=O) groups is 1. The molecule has 0 fully saturated rings. The fraction of sp³-hybridized carbons (Fsp3) is 0.211. The van der Waals surface area contributed by atoms with Gasteiger partial charge in [0.25, 0.3) is 0 Å². The second-order valence-electron chi connectivity index (χ2n) is 5.63. The average molecular weight is 355 g/mol. The van der Waals surface area contributed by atoms with Gasteiger partial charge in [0.2, 0.25) is 0 Å². The van der Waals surface area contributed by atoms with Crippen LogP contribution < -0.4 is 4.90 Å². The molecule has 0 spiro atoms. The topological polar surface area (TPSA) is 56.1 Å². The number of hydrazone groups is 1. The number of anilines is 1. The highest BCUT2D eigenvalue weighted by atomic mass is 32.1. The van der Waals surface area contributed by atoms with E-state index in [0.29, 0.717) is 12.4 Å². The van der Waals surface area contributed by atoms with Gasteiger partial charge >= 0.3 is 5.97 Å². The minimum Gasteiger partial charge on any atom is -0.481 e. The van der Waals surface area contributed by atoms with Gasteiger partial charge in [0.15, 0.2) is 5.84 Å². The van der Waals surface area contributed by atoms with Crippen molar-refractivity contribution in [1.29, 1.82) is 0 Å². The lowest BCUT2D eigenvalue weighted by atomic mass is 10.1. The van der Waals surface area contributed by atoms with Crippen LogP contribution in [-0.2, 0) is 4.79 Å². The standard InChI is InChI=1S/C19H21N3O2S/c1-15-8-10-17(11-9-15)22(14-25)19(16-6-4-3-5-7-16)20-21(2)13-12-18(23)24/h3-11,14H,12-13H2,1-2H3,(H,23,24)/b20-19-. The maximum absolute atomic E-state index is 10.8. The van der Waals surface area contributed by atoms with E-state index >= 15 is 0 Å². The number of benzene rings is 2. The largest absolute Gasteiger partial charge is 0.481 e. The first kappa shape index (κ1) is 18.6. The smallest absolute Gasteiger partial charge is 0.305 e. The molecule has 0 bridgehead atoms. The molecule has 0 saturated heterocycles. The van der Waals surface area contributed by atoms with Crippen molar-refractivity contribution < 1.29 is 9.90 Å². The SMILES string of the molecule is Cc1ccc(N(C=S)/C(=N\N(C)CCC(=O)O)c2ccccc2)cc1. The summed E-state index contributed by atoms with van der Waals surface area (Å²) in [6.45, 7) is 2.34. The molecular weight excluding hydrogens is 334 g/mol. The maximum atomic E-state index is 10.8. The summed E-state index contributed by atoms with van der Waals surface area (Å²) in [5.74, 6) is -0.208. The molecule has 0 aliphatic rings. The van der Waals surface area contributed by atoms with E-state index in [4.69, 9.17) is 17.3 Å². The van der Waals surface area contributed by atoms with E-state index in [1.54, 1.807) is 17.5 Å². The fourth-order valence-corrected chi connectivity index (χ4v) is 2.46. The quantitative estimate of drug-likeness (QED) is 0.356. The predicted molar refractivity (Wildman–Crippen MR) is 105 cm³/mol. The second-order valence-corrected chi connectivity index (χ2v) is 5.84. The molecule has 0 aliphatic carbocycles. The number of hydrogen-bond donors (Lipinski definition) is 1. The lowest BCUT2D eigenvalue weighted by Crippen LogP contribution is -2.32. The lowest BCUT2D eigenvalue weighted by Gasteiger charge is -2.24. The van der Waals surface area contributed by atoms with Crippen molar-refractivity contribution in [3.8, 4) is 0 Å². The van der Waals surface area contributed by atoms with E-state index in [-0.39, 0.29) is 6.42 Å². The number of carboxylic acid groups (broad SMARTS) is 1. The molecule has 0 heterocycles. The monoisotopic (exact) mass is 355 g/mol. The molecule has 0 aliphatic heterocycles. The third-order valence-corrected chi connectivity index (χ3v) is 3.80. The molecule has 2 aromatic rings. The number of hydrogen-bond acceptors (Lipinski definition) is 4. The number of carboxylic acids is 1. The van der Waals surface area contributed by atoms with Crippen LogP contribution in [0.3, 0.4) is 0 Å². The molecule has 0 aromatic heterocycles. The Morgan fingerprint density at radius 1 is 1.16 bits per heavy atom. The Balaban J connectivity index is 2.40. The molecule has 2 rings (SSSR count). The number of nitrogens with zero attached hydrogens (tertiary/aromatic N) is 3. The molecular formula is C19H21N3O2S. The molecule has 25 heavy (non-hydrogen) atoms. The Kier molecular flexibility index (Phi) is 6.65. The molecule has 0 amide bonds. The van der Waals surface area contributed by atoms with E-state index in [9.17, 15) is 4.79 Å². The Hall–Kier alpha value is -2.73. The minimum absolute atomic E-state index is 0.0180. The van der Waals surface area contributed by atoms with Crippen LogP contribution in [0.15, 0.2) is 59.7 Å². The summed E-state index contributed by atoms with van der Waals surface area (Å²) in [4.78, 5) is 12.6. The summed E-state index contributed by atoms with van der Waals surface area (Å²) in [5.41, 5.74) is 4.49. The van der Waals surface area contributed by atoms with Crippen LogP contribution in [-0.4, -0.2) is 41.0 Å². The average Bonchev–Trinajstić information content (AvgIpc) is 2.62. The van der Waals surface area contributed by atoms with Gasteiger partial charge < -0.3 is 5.11 Å². The van der Waals surface area contributed by atoms with Crippen LogP contribution in [0.5, 0.6) is 0 Å². The van der Waals surface area contributed by atoms with Crippen LogP contribution >= 0.6 is 12.2 Å². The first-order chi connectivity index (χ1) is 12.0. The molecule has 0 unspecified atom stereocenters. The van der Waals surface area contributed by atoms with Crippen molar-refractivity contribution in [2.75, 3.05) is 18.5 Å². The zero-order valence-corrected chi connectivity index (χ0v) is 15.1. The molecule has 1 N–H and O–H groups in total. The van der Waals surface area contributed by atoms with Crippen molar-refractivity contribution in [2.24, 2.45) is 5.10 Å². The fourth-order valence-electron chi connectivity index (χ4n) is 2.24. The summed E-state index contributed by atoms with van der Waals surface area (Å²) in [6, 6.07) is 17.7. The predicted octanol–water partition coefficient (Wildman–Crippen LogP) is 3.53. The minimum atomic E-state index is -0.853. The lowest BCUT2D eigenvalue weighted by molar-refractivity contribution is -0.137. The summed E-state index contributed by atoms with van der Waals surface area (Å²) in [7, 11) is 1.75. The van der Waals surface area contributed by atoms with Crippen LogP contribution in [0.4, 0.5) is 5.69 Å². The summed E-state index contributed by atoms with van der Waals surface area (Å²) in [6.07, 6.45) is 0.0180. The Labute approximate surface area is 153 Å². The van der Waals surface area contributed by atoms with Crippen molar-refractivity contribution in [3.63, 3.8) is 0 Å². The highest BCUT2D eigenvalue weighted by Gasteiger charge is 2.15. The first-order valence-corrected chi connectivity index (χ1v) is 8.36. The van der Waals surface area contributed by atoms with Gasteiger partial charge in [0, 0.05) is 24.8 Å². The molecule has 2 aromatic carbocycles. The van der Waals surface area contributed by atoms with Gasteiger partial charge in [-0.05, 0) is 19.1 Å². The molecule has 0 atom stereocenters. The summed E-state index contributed by atoms with van der Waals surface area (Å²) < 4.78 is 0. The number of amidine groups is 1. The van der Waals surface area contributed by atoms with Gasteiger partial charge in [-0.3, -0.25) is 14.7 Å². The molecule has 130 valence electrons. The van der Waals surface area contributed by atoms with Crippen molar-refractivity contribution in [1.82, 2.24) is 5.01 Å². The van der Waals surface area contributed by atoms with Crippen molar-refractivity contribution in [3.05, 3.63) is 65.7 Å². The van der Waals surface area contributed by atoms with E-state index < -0.39 is 5.97 Å². The van der Waals surface area contributed by atoms with Gasteiger partial charge in [-0.2, -0.15) is 5.10 Å². The van der Waals surface area contributed by atoms with Crippen molar-refractivity contribution in [2.45, 2.75) is 13.3 Å². The van der Waals surface area contributed by atoms with Crippen LogP contribution in [0.1, 0.15) is 17.5 Å². The van der Waals surface area contributed by atoms with Gasteiger partial charge in [-0.25, -0.2) is 0 Å². The first-order valence-electron chi connectivity index (χ1n) is 7.89. The van der Waals surface area contributed by atoms with Crippen LogP contribution in [0.25, 0.3) is 0 Å². The molecule has 6 heteroatoms. The number of aliphatic carboxylic acids is 1. The maximum Gasteiger partial charge on any atom is 0.305 e. The molecule has 0 radical (unpaired) electrons. The van der Waals surface area contributed by atoms with E-state index in [1.807, 2.05) is 66.4 Å². The Bertz CT molecular complexity index is 745. The second kappa shape index (κ2) is 8.94. The van der Waals surface area contributed by atoms with Gasteiger partial charge in [0.05, 0.1) is 11.9 Å². The van der Waals surface area contributed by atoms with Crippen LogP contribution in [0.2, 0.25) is 0 Å². The van der Waals surface area contributed by atoms with Crippen LogP contribution in [0, 0.1) is 6.92 Å². The summed E-state index contributed by atoms with van der Waals surface area (Å²) in [5, 5.41) is 15.1. The van der Waals surface area contributed by atoms with Crippen molar-refractivity contribution >= 4 is 35.2 Å². The third kappa shape index (κ3) is 5.39. The van der Waals surface area contributed by atoms with Gasteiger partial charge in [-0.1, -0.05) is 60.2 Å². The normalized spacial score (nSPS) is 11.0. The number of thiocarbonyl (C=S) groups is 1. The zero-order valence-electron chi connectivity index (χ0n) is 14.3. The molecule has 5 nitrogen and oxygen atoms in total.